The van der Waals surface area contributed by atoms with Crippen molar-refractivity contribution < 1.29 is 9.53 Å². The molecule has 2 aromatic rings. The molecule has 2 heterocycles. The largest absolute Gasteiger partial charge is 0.497 e. The monoisotopic (exact) mass is 356 g/mol. The molecule has 6 nitrogen and oxygen atoms in total. The standard InChI is InChI=1S/C20H28N4O2/c1-5-24(14(2)15-7-6-8-17(9-15)26-4)20(25)19-12-21-11-18(19)16-10-22-23(3)13-16/h6-10,13-14,18-19,21H,5,11-12H2,1-4H3/t14?,18-,19+/m1/s1. The van der Waals surface area contributed by atoms with Crippen molar-refractivity contribution in [3.8, 4) is 5.75 Å². The first kappa shape index (κ1) is 18.5. The van der Waals surface area contributed by atoms with Crippen molar-refractivity contribution in [1.82, 2.24) is 20.0 Å². The fourth-order valence-corrected chi connectivity index (χ4v) is 3.83. The Morgan fingerprint density at radius 3 is 2.92 bits per heavy atom. The van der Waals surface area contributed by atoms with E-state index in [-0.39, 0.29) is 23.8 Å². The summed E-state index contributed by atoms with van der Waals surface area (Å²) < 4.78 is 7.13. The second kappa shape index (κ2) is 7.91. The summed E-state index contributed by atoms with van der Waals surface area (Å²) >= 11 is 0. The van der Waals surface area contributed by atoms with Crippen LogP contribution in [0.2, 0.25) is 0 Å². The van der Waals surface area contributed by atoms with Crippen LogP contribution >= 0.6 is 0 Å². The van der Waals surface area contributed by atoms with Gasteiger partial charge in [0, 0.05) is 38.8 Å². The number of aromatic nitrogens is 2. The highest BCUT2D eigenvalue weighted by molar-refractivity contribution is 5.81. The van der Waals surface area contributed by atoms with E-state index in [0.717, 1.165) is 23.4 Å². The van der Waals surface area contributed by atoms with E-state index in [0.29, 0.717) is 13.1 Å². The zero-order valence-electron chi connectivity index (χ0n) is 16.0. The minimum Gasteiger partial charge on any atom is -0.497 e. The average molecular weight is 356 g/mol. The van der Waals surface area contributed by atoms with Crippen LogP contribution in [0.15, 0.2) is 36.7 Å². The van der Waals surface area contributed by atoms with Crippen LogP contribution < -0.4 is 10.1 Å². The van der Waals surface area contributed by atoms with Gasteiger partial charge in [-0.2, -0.15) is 5.10 Å². The van der Waals surface area contributed by atoms with Gasteiger partial charge in [0.1, 0.15) is 5.75 Å². The SMILES string of the molecule is CCN(C(=O)[C@H]1CNC[C@@H]1c1cnn(C)c1)C(C)c1cccc(OC)c1. The van der Waals surface area contributed by atoms with Gasteiger partial charge in [0.15, 0.2) is 0 Å². The van der Waals surface area contributed by atoms with E-state index in [1.807, 2.05) is 49.5 Å². The summed E-state index contributed by atoms with van der Waals surface area (Å²) in [4.78, 5) is 15.3. The molecule has 1 amide bonds. The summed E-state index contributed by atoms with van der Waals surface area (Å²) in [6.45, 7) is 6.31. The lowest BCUT2D eigenvalue weighted by Gasteiger charge is -2.32. The molecule has 140 valence electrons. The molecular weight excluding hydrogens is 328 g/mol. The highest BCUT2D eigenvalue weighted by Crippen LogP contribution is 2.32. The number of amides is 1. The van der Waals surface area contributed by atoms with Gasteiger partial charge in [0.05, 0.1) is 25.3 Å². The number of carbonyl (C=O) groups is 1. The second-order valence-corrected chi connectivity index (χ2v) is 6.90. The lowest BCUT2D eigenvalue weighted by molar-refractivity contribution is -0.137. The molecule has 26 heavy (non-hydrogen) atoms. The lowest BCUT2D eigenvalue weighted by Crippen LogP contribution is -2.40. The molecule has 1 unspecified atom stereocenters. The van der Waals surface area contributed by atoms with Crippen molar-refractivity contribution in [2.24, 2.45) is 13.0 Å². The van der Waals surface area contributed by atoms with Crippen LogP contribution in [0.4, 0.5) is 0 Å². The molecule has 0 saturated carbocycles. The number of nitrogens with one attached hydrogen (secondary N) is 1. The topological polar surface area (TPSA) is 59.4 Å². The molecule has 0 spiro atoms. The Bertz CT molecular complexity index is 758. The van der Waals surface area contributed by atoms with E-state index in [1.165, 1.54) is 0 Å². The Kier molecular flexibility index (Phi) is 5.61. The number of rotatable bonds is 6. The van der Waals surface area contributed by atoms with Crippen LogP contribution in [0.5, 0.6) is 5.75 Å². The van der Waals surface area contributed by atoms with E-state index in [4.69, 9.17) is 4.74 Å². The number of aryl methyl sites for hydroxylation is 1. The van der Waals surface area contributed by atoms with Crippen LogP contribution in [0.25, 0.3) is 0 Å². The van der Waals surface area contributed by atoms with E-state index < -0.39 is 0 Å². The van der Waals surface area contributed by atoms with E-state index in [2.05, 4.69) is 23.4 Å². The quantitative estimate of drug-likeness (QED) is 0.863. The van der Waals surface area contributed by atoms with Crippen molar-refractivity contribution in [3.05, 3.63) is 47.8 Å². The minimum absolute atomic E-state index is 0.00208. The molecular formula is C20H28N4O2. The highest BCUT2D eigenvalue weighted by Gasteiger charge is 2.38. The average Bonchev–Trinajstić information content (AvgIpc) is 3.30. The highest BCUT2D eigenvalue weighted by atomic mass is 16.5. The van der Waals surface area contributed by atoms with Gasteiger partial charge >= 0.3 is 0 Å². The molecule has 1 aliphatic heterocycles. The lowest BCUT2D eigenvalue weighted by atomic mass is 9.89. The van der Waals surface area contributed by atoms with Crippen molar-refractivity contribution >= 4 is 5.91 Å². The maximum Gasteiger partial charge on any atom is 0.228 e. The Morgan fingerprint density at radius 1 is 1.46 bits per heavy atom. The Balaban J connectivity index is 1.81. The van der Waals surface area contributed by atoms with Crippen molar-refractivity contribution in [2.45, 2.75) is 25.8 Å². The van der Waals surface area contributed by atoms with Gasteiger partial charge in [-0.3, -0.25) is 9.48 Å². The van der Waals surface area contributed by atoms with Crippen LogP contribution in [0, 0.1) is 5.92 Å². The van der Waals surface area contributed by atoms with Gasteiger partial charge in [0.2, 0.25) is 5.91 Å². The number of methoxy groups -OCH3 is 1. The summed E-state index contributed by atoms with van der Waals surface area (Å²) in [6.07, 6.45) is 3.89. The molecule has 0 radical (unpaired) electrons. The molecule has 1 aliphatic rings. The van der Waals surface area contributed by atoms with Crippen molar-refractivity contribution in [1.29, 1.82) is 0 Å². The van der Waals surface area contributed by atoms with Gasteiger partial charge in [-0.05, 0) is 37.1 Å². The molecule has 6 heteroatoms. The summed E-state index contributed by atoms with van der Waals surface area (Å²) in [5.74, 6) is 1.12. The number of nitrogens with zero attached hydrogens (tertiary/aromatic N) is 3. The van der Waals surface area contributed by atoms with Crippen LogP contribution in [0.3, 0.4) is 0 Å². The van der Waals surface area contributed by atoms with Crippen LogP contribution in [-0.4, -0.2) is 47.3 Å². The second-order valence-electron chi connectivity index (χ2n) is 6.90. The van der Waals surface area contributed by atoms with E-state index in [9.17, 15) is 4.79 Å². The number of hydrogen-bond donors (Lipinski definition) is 1. The molecule has 1 saturated heterocycles. The molecule has 0 aliphatic carbocycles. The Morgan fingerprint density at radius 2 is 2.27 bits per heavy atom. The smallest absolute Gasteiger partial charge is 0.228 e. The van der Waals surface area contributed by atoms with Gasteiger partial charge < -0.3 is 15.0 Å². The number of carbonyl (C=O) groups excluding carboxylic acids is 1. The van der Waals surface area contributed by atoms with Crippen molar-refractivity contribution in [3.63, 3.8) is 0 Å². The maximum absolute atomic E-state index is 13.4. The van der Waals surface area contributed by atoms with Gasteiger partial charge in [0.25, 0.3) is 0 Å². The first-order valence-corrected chi connectivity index (χ1v) is 9.18. The Hall–Kier alpha value is -2.34. The molecule has 1 N–H and O–H groups in total. The predicted octanol–water partition coefficient (Wildman–Crippen LogP) is 2.34. The molecule has 1 aromatic carbocycles. The summed E-state index contributed by atoms with van der Waals surface area (Å²) in [5, 5.41) is 7.65. The van der Waals surface area contributed by atoms with Crippen LogP contribution in [0.1, 0.15) is 36.9 Å². The van der Waals surface area contributed by atoms with E-state index >= 15 is 0 Å². The molecule has 1 aromatic heterocycles. The fraction of sp³-hybridized carbons (Fsp3) is 0.500. The van der Waals surface area contributed by atoms with Gasteiger partial charge in [-0.25, -0.2) is 0 Å². The number of benzene rings is 1. The van der Waals surface area contributed by atoms with Gasteiger partial charge in [-0.15, -0.1) is 0 Å². The maximum atomic E-state index is 13.4. The third kappa shape index (κ3) is 3.60. The van der Waals surface area contributed by atoms with Gasteiger partial charge in [-0.1, -0.05) is 12.1 Å². The van der Waals surface area contributed by atoms with Crippen LogP contribution in [-0.2, 0) is 11.8 Å². The summed E-state index contributed by atoms with van der Waals surface area (Å²) in [5.41, 5.74) is 2.21. The zero-order valence-corrected chi connectivity index (χ0v) is 16.0. The predicted molar refractivity (Wildman–Crippen MR) is 101 cm³/mol. The Labute approximate surface area is 155 Å². The molecule has 3 rings (SSSR count). The third-order valence-electron chi connectivity index (χ3n) is 5.35. The molecule has 1 fully saturated rings. The zero-order chi connectivity index (χ0) is 18.7. The number of hydrogen-bond acceptors (Lipinski definition) is 4. The minimum atomic E-state index is -0.0628. The number of ether oxygens (including phenoxy) is 1. The molecule has 0 bridgehead atoms. The fourth-order valence-electron chi connectivity index (χ4n) is 3.83. The first-order chi connectivity index (χ1) is 12.5. The third-order valence-corrected chi connectivity index (χ3v) is 5.35. The molecule has 3 atom stereocenters. The van der Waals surface area contributed by atoms with Crippen molar-refractivity contribution in [2.75, 3.05) is 26.7 Å². The first-order valence-electron chi connectivity index (χ1n) is 9.18. The van der Waals surface area contributed by atoms with E-state index in [1.54, 1.807) is 11.8 Å². The normalized spacial score (nSPS) is 20.8. The summed E-state index contributed by atoms with van der Waals surface area (Å²) in [6, 6.07) is 7.95. The summed E-state index contributed by atoms with van der Waals surface area (Å²) in [7, 11) is 3.57.